The zero-order chi connectivity index (χ0) is 16.3. The van der Waals surface area contributed by atoms with Crippen LogP contribution in [0.2, 0.25) is 0 Å². The van der Waals surface area contributed by atoms with E-state index in [0.29, 0.717) is 13.1 Å². The average molecular weight is 313 g/mol. The van der Waals surface area contributed by atoms with Crippen molar-refractivity contribution in [1.82, 2.24) is 14.7 Å². The molecule has 0 spiro atoms. The summed E-state index contributed by atoms with van der Waals surface area (Å²) in [5.41, 5.74) is 0.0572. The highest BCUT2D eigenvalue weighted by atomic mass is 16.6. The first-order valence-corrected chi connectivity index (χ1v) is 7.03. The molecule has 1 aromatic heterocycles. The summed E-state index contributed by atoms with van der Waals surface area (Å²) >= 11 is 0. The molecule has 1 aromatic rings. The smallest absolute Gasteiger partial charge is 0.394 e. The molecule has 0 radical (unpaired) electrons. The summed E-state index contributed by atoms with van der Waals surface area (Å²) in [5, 5.41) is 26.3. The molecule has 2 rings (SSSR count). The van der Waals surface area contributed by atoms with Crippen LogP contribution in [0.3, 0.4) is 0 Å². The Kier molecular flexibility index (Phi) is 4.74. The lowest BCUT2D eigenvalue weighted by atomic mass is 10.3. The fraction of sp³-hybridized carbons (Fsp3) is 0.667. The van der Waals surface area contributed by atoms with Crippen molar-refractivity contribution in [3.05, 3.63) is 16.3 Å². The number of nitrogens with zero attached hydrogens (tertiary/aromatic N) is 5. The van der Waals surface area contributed by atoms with Crippen LogP contribution in [0.1, 0.15) is 0 Å². The van der Waals surface area contributed by atoms with Gasteiger partial charge in [-0.1, -0.05) is 0 Å². The molecule has 22 heavy (non-hydrogen) atoms. The standard InChI is InChI=1S/C12H20N6O4/c1-15-3-6-18(2,7-4-15)12(20)13-10-9-16(5-8-19)14-11(10)17(21)22/h9,19H,3-8H2,1-2H3/p+1. The van der Waals surface area contributed by atoms with Gasteiger partial charge in [0.25, 0.3) is 0 Å². The maximum absolute atomic E-state index is 12.5. The van der Waals surface area contributed by atoms with Crippen LogP contribution in [0.25, 0.3) is 0 Å². The Hall–Kier alpha value is -2.04. The summed E-state index contributed by atoms with van der Waals surface area (Å²) in [6, 6.07) is -0.292. The number of rotatable bonds is 4. The minimum atomic E-state index is -0.645. The van der Waals surface area contributed by atoms with Gasteiger partial charge in [-0.3, -0.25) is 10.2 Å². The van der Waals surface area contributed by atoms with Crippen LogP contribution in [0.15, 0.2) is 6.20 Å². The SMILES string of the molecule is CN1CC[N+](C)(C(=O)Nc2cn(CCO)nc2[N+](=O)[O-])CC1. The monoisotopic (exact) mass is 313 g/mol. The third-order valence-corrected chi connectivity index (χ3v) is 3.93. The minimum absolute atomic E-state index is 0.0572. The first-order chi connectivity index (χ1) is 10.4. The molecule has 0 saturated carbocycles. The Balaban J connectivity index is 2.15. The number of hydrogen-bond donors (Lipinski definition) is 2. The number of aromatic nitrogens is 2. The number of hydrogen-bond acceptors (Lipinski definition) is 6. The van der Waals surface area contributed by atoms with Crippen molar-refractivity contribution in [2.45, 2.75) is 6.54 Å². The van der Waals surface area contributed by atoms with Crippen molar-refractivity contribution >= 4 is 17.5 Å². The molecule has 0 aliphatic carbocycles. The predicted molar refractivity (Wildman–Crippen MR) is 78.4 cm³/mol. The fourth-order valence-corrected chi connectivity index (χ4v) is 2.31. The van der Waals surface area contributed by atoms with Crippen LogP contribution in [0.4, 0.5) is 16.3 Å². The van der Waals surface area contributed by atoms with Gasteiger partial charge in [-0.15, -0.1) is 0 Å². The van der Waals surface area contributed by atoms with Crippen LogP contribution >= 0.6 is 0 Å². The van der Waals surface area contributed by atoms with Gasteiger partial charge in [0.1, 0.15) is 0 Å². The maximum atomic E-state index is 12.5. The molecular formula is C12H21N6O4+. The Morgan fingerprint density at radius 1 is 1.55 bits per heavy atom. The summed E-state index contributed by atoms with van der Waals surface area (Å²) in [7, 11) is 3.80. The van der Waals surface area contributed by atoms with Gasteiger partial charge in [-0.25, -0.2) is 9.28 Å². The van der Waals surface area contributed by atoms with Crippen LogP contribution in [0, 0.1) is 10.1 Å². The molecular weight excluding hydrogens is 292 g/mol. The molecule has 122 valence electrons. The molecule has 2 heterocycles. The molecule has 2 amide bonds. The number of anilines is 1. The van der Waals surface area contributed by atoms with Gasteiger partial charge in [0, 0.05) is 13.1 Å². The summed E-state index contributed by atoms with van der Waals surface area (Å²) in [5.74, 6) is -0.414. The van der Waals surface area contributed by atoms with Crippen molar-refractivity contribution in [2.24, 2.45) is 0 Å². The summed E-state index contributed by atoms with van der Waals surface area (Å²) in [6.07, 6.45) is 1.37. The van der Waals surface area contributed by atoms with E-state index >= 15 is 0 Å². The normalized spacial score (nSPS) is 18.1. The van der Waals surface area contributed by atoms with Gasteiger partial charge in [0.05, 0.1) is 44.6 Å². The van der Waals surface area contributed by atoms with Crippen molar-refractivity contribution in [2.75, 3.05) is 52.2 Å². The molecule has 0 unspecified atom stereocenters. The molecule has 10 heteroatoms. The second-order valence-electron chi connectivity index (χ2n) is 5.69. The zero-order valence-electron chi connectivity index (χ0n) is 12.7. The van der Waals surface area contributed by atoms with Crippen molar-refractivity contribution in [3.8, 4) is 0 Å². The lowest BCUT2D eigenvalue weighted by Gasteiger charge is -2.37. The van der Waals surface area contributed by atoms with E-state index in [4.69, 9.17) is 5.11 Å². The number of amides is 2. The quantitative estimate of drug-likeness (QED) is 0.448. The van der Waals surface area contributed by atoms with Gasteiger partial charge >= 0.3 is 11.8 Å². The van der Waals surface area contributed by atoms with Crippen molar-refractivity contribution < 1.29 is 19.3 Å². The lowest BCUT2D eigenvalue weighted by molar-refractivity contribution is -0.832. The van der Waals surface area contributed by atoms with Gasteiger partial charge in [0.15, 0.2) is 5.69 Å². The Labute approximate surface area is 127 Å². The molecule has 1 aliphatic rings. The molecule has 1 aliphatic heterocycles. The molecule has 2 N–H and O–H groups in total. The zero-order valence-corrected chi connectivity index (χ0v) is 12.7. The van der Waals surface area contributed by atoms with E-state index in [0.717, 1.165) is 13.1 Å². The molecule has 1 saturated heterocycles. The van der Waals surface area contributed by atoms with E-state index in [1.165, 1.54) is 10.9 Å². The van der Waals surface area contributed by atoms with Crippen molar-refractivity contribution in [3.63, 3.8) is 0 Å². The average Bonchev–Trinajstić information content (AvgIpc) is 2.85. The van der Waals surface area contributed by atoms with E-state index in [2.05, 4.69) is 15.3 Å². The summed E-state index contributed by atoms with van der Waals surface area (Å²) in [6.45, 7) is 2.80. The van der Waals surface area contributed by atoms with Gasteiger partial charge in [-0.05, 0) is 12.0 Å². The van der Waals surface area contributed by atoms with Crippen molar-refractivity contribution in [1.29, 1.82) is 0 Å². The molecule has 1 fully saturated rings. The van der Waals surface area contributed by atoms with Crippen LogP contribution in [-0.2, 0) is 6.54 Å². The number of nitro groups is 1. The highest BCUT2D eigenvalue weighted by molar-refractivity contribution is 5.86. The Morgan fingerprint density at radius 3 is 2.73 bits per heavy atom. The summed E-state index contributed by atoms with van der Waals surface area (Å²) in [4.78, 5) is 25.0. The van der Waals surface area contributed by atoms with Crippen LogP contribution in [-0.4, -0.2) is 82.1 Å². The van der Waals surface area contributed by atoms with E-state index in [1.54, 1.807) is 0 Å². The molecule has 0 atom stereocenters. The maximum Gasteiger partial charge on any atom is 0.421 e. The van der Waals surface area contributed by atoms with Gasteiger partial charge in [-0.2, -0.15) is 4.68 Å². The van der Waals surface area contributed by atoms with E-state index in [1.807, 2.05) is 14.1 Å². The fourth-order valence-electron chi connectivity index (χ4n) is 2.31. The minimum Gasteiger partial charge on any atom is -0.394 e. The number of quaternary nitrogens is 1. The first-order valence-electron chi connectivity index (χ1n) is 7.03. The first kappa shape index (κ1) is 16.3. The number of carbonyl (C=O) groups is 1. The largest absolute Gasteiger partial charge is 0.421 e. The second kappa shape index (κ2) is 6.38. The van der Waals surface area contributed by atoms with E-state index < -0.39 is 10.7 Å². The van der Waals surface area contributed by atoms with Crippen LogP contribution < -0.4 is 5.32 Å². The molecule has 10 nitrogen and oxygen atoms in total. The third-order valence-electron chi connectivity index (χ3n) is 3.93. The molecule has 0 bridgehead atoms. The number of carbonyl (C=O) groups excluding carboxylic acids is 1. The summed E-state index contributed by atoms with van der Waals surface area (Å²) < 4.78 is 1.42. The number of aliphatic hydroxyl groups excluding tert-OH is 1. The van der Waals surface area contributed by atoms with E-state index in [-0.39, 0.29) is 29.4 Å². The lowest BCUT2D eigenvalue weighted by Crippen LogP contribution is -2.60. The number of likely N-dealkylation sites (N-methyl/N-ethyl adjacent to an activating group) is 2. The number of aliphatic hydroxyl groups is 1. The second-order valence-corrected chi connectivity index (χ2v) is 5.69. The highest BCUT2D eigenvalue weighted by Gasteiger charge is 2.37. The van der Waals surface area contributed by atoms with Gasteiger partial charge in [0.2, 0.25) is 0 Å². The Morgan fingerprint density at radius 2 is 2.18 bits per heavy atom. The Bertz CT molecular complexity index is 564. The predicted octanol–water partition coefficient (Wildman–Crippen LogP) is -0.292. The highest BCUT2D eigenvalue weighted by Crippen LogP contribution is 2.23. The van der Waals surface area contributed by atoms with Gasteiger partial charge < -0.3 is 15.2 Å². The number of piperazine rings is 1. The number of urea groups is 1. The van der Waals surface area contributed by atoms with Crippen LogP contribution in [0.5, 0.6) is 0 Å². The number of nitrogens with one attached hydrogen (secondary N) is 1. The van der Waals surface area contributed by atoms with E-state index in [9.17, 15) is 14.9 Å². The third kappa shape index (κ3) is 3.40. The topological polar surface area (TPSA) is 114 Å². The molecule has 0 aromatic carbocycles.